The van der Waals surface area contributed by atoms with Crippen molar-refractivity contribution in [2.75, 3.05) is 0 Å². The van der Waals surface area contributed by atoms with Crippen molar-refractivity contribution in [3.05, 3.63) is 200 Å². The topological polar surface area (TPSA) is 35.9 Å². The molecule has 0 spiro atoms. The number of ether oxygens (including phenoxy) is 1. The number of fused-ring (bicyclic) bond motifs is 4. The minimum absolute atomic E-state index is 0. The second-order valence-electron chi connectivity index (χ2n) is 17.6. The first-order valence-electron chi connectivity index (χ1n) is 21.5. The van der Waals surface area contributed by atoms with Crippen LogP contribution in [0.25, 0.3) is 72.3 Å². The van der Waals surface area contributed by atoms with E-state index in [1.807, 2.05) is 24.4 Å². The summed E-state index contributed by atoms with van der Waals surface area (Å²) in [5.41, 5.74) is 12.9. The first-order chi connectivity index (χ1) is 30.1. The Hall–Kier alpha value is -6.55. The van der Waals surface area contributed by atoms with E-state index in [1.54, 1.807) is 0 Å². The Kier molecular flexibility index (Phi) is 11.2. The molecule has 0 N–H and O–H groups in total. The summed E-state index contributed by atoms with van der Waals surface area (Å²) < 4.78 is 13.2. The third kappa shape index (κ3) is 7.81. The van der Waals surface area contributed by atoms with Crippen LogP contribution in [0.3, 0.4) is 0 Å². The molecule has 0 aliphatic heterocycles. The number of hydrogen-bond donors (Lipinski definition) is 0. The number of benzene rings is 7. The molecular weight excluding hydrogens is 952 g/mol. The Morgan fingerprint density at radius 3 is 1.98 bits per heavy atom. The molecule has 0 aliphatic carbocycles. The van der Waals surface area contributed by atoms with Crippen molar-refractivity contribution in [1.82, 2.24) is 14.1 Å². The summed E-state index contributed by atoms with van der Waals surface area (Å²) in [6, 6.07) is 64.7. The van der Waals surface area contributed by atoms with Crippen LogP contribution in [0, 0.1) is 24.4 Å². The van der Waals surface area contributed by atoms with Crippen LogP contribution in [0.2, 0.25) is 0 Å². The molecule has 7 aromatic carbocycles. The molecule has 0 saturated heterocycles. The van der Waals surface area contributed by atoms with Crippen molar-refractivity contribution in [3.63, 3.8) is 0 Å². The minimum atomic E-state index is -0.00169. The van der Waals surface area contributed by atoms with E-state index in [0.717, 1.165) is 66.9 Å². The quantitative estimate of drug-likeness (QED) is 0.107. The van der Waals surface area contributed by atoms with E-state index in [9.17, 15) is 0 Å². The number of para-hydroxylation sites is 3. The van der Waals surface area contributed by atoms with E-state index in [2.05, 4.69) is 219 Å². The van der Waals surface area contributed by atoms with Crippen LogP contribution in [0.15, 0.2) is 170 Å². The van der Waals surface area contributed by atoms with Gasteiger partial charge in [0.25, 0.3) is 6.33 Å². The number of aromatic nitrogens is 4. The maximum absolute atomic E-state index is 6.69. The third-order valence-electron chi connectivity index (χ3n) is 12.2. The van der Waals surface area contributed by atoms with Crippen LogP contribution < -0.4 is 9.30 Å². The molecule has 0 radical (unpaired) electrons. The van der Waals surface area contributed by atoms with Gasteiger partial charge >= 0.3 is 0 Å². The molecule has 0 amide bonds. The van der Waals surface area contributed by atoms with Gasteiger partial charge in [-0.25, -0.2) is 4.98 Å². The van der Waals surface area contributed by atoms with Crippen LogP contribution >= 0.6 is 0 Å². The van der Waals surface area contributed by atoms with Gasteiger partial charge in [-0.2, -0.15) is 18.2 Å². The summed E-state index contributed by atoms with van der Waals surface area (Å²) in [5.74, 6) is 2.93. The number of nitrogens with zero attached hydrogens (tertiary/aromatic N) is 4. The number of rotatable bonds is 9. The predicted molar refractivity (Wildman–Crippen MR) is 253 cm³/mol. The summed E-state index contributed by atoms with van der Waals surface area (Å²) in [5, 5.41) is 2.27. The second kappa shape index (κ2) is 17.0. The fourth-order valence-electron chi connectivity index (χ4n) is 8.55. The molecule has 3 heterocycles. The van der Waals surface area contributed by atoms with Gasteiger partial charge in [0.2, 0.25) is 0 Å². The Morgan fingerprint density at radius 2 is 1.29 bits per heavy atom. The Morgan fingerprint density at radius 1 is 0.619 bits per heavy atom. The van der Waals surface area contributed by atoms with Gasteiger partial charge < -0.3 is 13.9 Å². The molecule has 0 bridgehead atoms. The van der Waals surface area contributed by atoms with E-state index in [1.165, 1.54) is 16.5 Å². The van der Waals surface area contributed by atoms with Gasteiger partial charge in [0.1, 0.15) is 5.82 Å². The zero-order valence-electron chi connectivity index (χ0n) is 36.3. The van der Waals surface area contributed by atoms with Crippen LogP contribution in [-0.4, -0.2) is 14.1 Å². The largest absolute Gasteiger partial charge is 0.510 e. The van der Waals surface area contributed by atoms with Crippen LogP contribution in [0.1, 0.15) is 58.6 Å². The van der Waals surface area contributed by atoms with Gasteiger partial charge in [0, 0.05) is 44.3 Å². The number of pyridine rings is 1. The maximum atomic E-state index is 6.69. The molecule has 10 aromatic rings. The molecule has 0 aliphatic rings. The Bertz CT molecular complexity index is 3190. The van der Waals surface area contributed by atoms with Gasteiger partial charge in [-0.3, -0.25) is 4.57 Å². The van der Waals surface area contributed by atoms with Gasteiger partial charge in [0.05, 0.1) is 16.7 Å². The average Bonchev–Trinajstić information content (AvgIpc) is 3.84. The Labute approximate surface area is 384 Å². The molecule has 63 heavy (non-hydrogen) atoms. The number of hydrogen-bond acceptors (Lipinski definition) is 2. The molecular formula is C57H48N4OPt-2. The summed E-state index contributed by atoms with van der Waals surface area (Å²) in [6.07, 6.45) is 5.69. The molecule has 1 unspecified atom stereocenters. The molecule has 0 saturated carbocycles. The van der Waals surface area contributed by atoms with E-state index in [0.29, 0.717) is 23.3 Å². The monoisotopic (exact) mass is 999 g/mol. The van der Waals surface area contributed by atoms with Crippen molar-refractivity contribution < 1.29 is 30.4 Å². The van der Waals surface area contributed by atoms with Crippen LogP contribution in [0.4, 0.5) is 0 Å². The van der Waals surface area contributed by atoms with Crippen molar-refractivity contribution in [3.8, 4) is 50.9 Å². The first kappa shape index (κ1) is 41.8. The third-order valence-corrected chi connectivity index (χ3v) is 12.2. The molecule has 3 aromatic heterocycles. The predicted octanol–water partition coefficient (Wildman–Crippen LogP) is 14.0. The molecule has 1 atom stereocenters. The standard InChI is InChI=1S/C57H48N4O.Pt/c1-38(2)39(3)42-31-32-58-55(33-42)61-51-30-27-43(57(4,5)6)34-50(51)49-29-28-46(36-54(49)61)62-45-22-15-21-44(35-45)59-37-60(53-26-14-13-25-52(53)59)56-47(40-17-9-7-10-18-40)23-16-24-48(56)41-19-11-8-12-20-41;/h7-34,38-39H,1-6H3;/q-2;. The van der Waals surface area contributed by atoms with Gasteiger partial charge in [0.15, 0.2) is 0 Å². The molecule has 10 rings (SSSR count). The van der Waals surface area contributed by atoms with E-state index in [-0.39, 0.29) is 26.5 Å². The molecule has 314 valence electrons. The van der Waals surface area contributed by atoms with Gasteiger partial charge in [-0.05, 0) is 79.9 Å². The molecule has 0 fully saturated rings. The van der Waals surface area contributed by atoms with Crippen molar-refractivity contribution in [2.45, 2.75) is 52.9 Å². The van der Waals surface area contributed by atoms with Gasteiger partial charge in [-0.15, -0.1) is 29.7 Å². The fourth-order valence-corrected chi connectivity index (χ4v) is 8.55. The van der Waals surface area contributed by atoms with Crippen LogP contribution in [-0.2, 0) is 26.5 Å². The number of imidazole rings is 1. The van der Waals surface area contributed by atoms with Crippen molar-refractivity contribution in [2.24, 2.45) is 5.92 Å². The van der Waals surface area contributed by atoms with Crippen molar-refractivity contribution >= 4 is 32.8 Å². The van der Waals surface area contributed by atoms with Gasteiger partial charge in [-0.1, -0.05) is 162 Å². The SMILES string of the molecule is CC(C)C(C)c1ccnc(-n2c3[c-]c(Oc4[c-]c(-n5[c-][n+](-c6c(-c7ccccc7)cccc6-c6ccccc6)c6ccccc65)ccc4)ccc3c3cc(C(C)(C)C)ccc32)c1.[Pt]. The normalized spacial score (nSPS) is 12.2. The summed E-state index contributed by atoms with van der Waals surface area (Å²) in [7, 11) is 0. The second-order valence-corrected chi connectivity index (χ2v) is 17.6. The molecule has 6 heteroatoms. The maximum Gasteiger partial charge on any atom is 0.268 e. The first-order valence-corrected chi connectivity index (χ1v) is 21.5. The van der Waals surface area contributed by atoms with E-state index < -0.39 is 0 Å². The van der Waals surface area contributed by atoms with E-state index in [4.69, 9.17) is 9.72 Å². The summed E-state index contributed by atoms with van der Waals surface area (Å²) in [6.45, 7) is 13.6. The fraction of sp³-hybridized carbons (Fsp3) is 0.158. The van der Waals surface area contributed by atoms with Crippen molar-refractivity contribution in [1.29, 1.82) is 0 Å². The average molecular weight is 1000 g/mol. The summed E-state index contributed by atoms with van der Waals surface area (Å²) >= 11 is 0. The minimum Gasteiger partial charge on any atom is -0.510 e. The van der Waals surface area contributed by atoms with E-state index >= 15 is 0 Å². The molecule has 5 nitrogen and oxygen atoms in total. The smallest absolute Gasteiger partial charge is 0.268 e. The van der Waals surface area contributed by atoms with Crippen LogP contribution in [0.5, 0.6) is 11.5 Å². The summed E-state index contributed by atoms with van der Waals surface area (Å²) in [4.78, 5) is 4.94. The zero-order chi connectivity index (χ0) is 42.5. The Balaban J connectivity index is 0.00000504. The zero-order valence-corrected chi connectivity index (χ0v) is 38.6.